The highest BCUT2D eigenvalue weighted by atomic mass is 32.2. The van der Waals surface area contributed by atoms with E-state index in [1.165, 1.54) is 0 Å². The smallest absolute Gasteiger partial charge is 0.248 e. The van der Waals surface area contributed by atoms with Gasteiger partial charge in [0.05, 0.1) is 12.4 Å². The van der Waals surface area contributed by atoms with Crippen molar-refractivity contribution in [3.8, 4) is 11.5 Å². The molecule has 3 fully saturated rings. The van der Waals surface area contributed by atoms with Crippen molar-refractivity contribution in [1.29, 1.82) is 0 Å². The van der Waals surface area contributed by atoms with Crippen LogP contribution in [0.3, 0.4) is 0 Å². The van der Waals surface area contributed by atoms with E-state index in [0.29, 0.717) is 49.7 Å². The number of piperidine rings is 1. The predicted octanol–water partition coefficient (Wildman–Crippen LogP) is 3.08. The van der Waals surface area contributed by atoms with E-state index in [4.69, 9.17) is 4.74 Å². The number of sulfonamides is 1. The minimum Gasteiger partial charge on any atom is -0.457 e. The van der Waals surface area contributed by atoms with Crippen LogP contribution in [0.15, 0.2) is 48.5 Å². The zero-order chi connectivity index (χ0) is 29.2. The first-order valence-corrected chi connectivity index (χ1v) is 16.3. The van der Waals surface area contributed by atoms with Crippen molar-refractivity contribution in [2.24, 2.45) is 5.92 Å². The number of aliphatic hydroxyl groups is 1. The Bertz CT molecular complexity index is 1330. The molecule has 2 aromatic carbocycles. The zero-order valence-corrected chi connectivity index (χ0v) is 24.5. The molecule has 222 valence electrons. The maximum Gasteiger partial charge on any atom is 0.248 e. The van der Waals surface area contributed by atoms with Crippen LogP contribution in [-0.4, -0.2) is 79.2 Å². The van der Waals surface area contributed by atoms with Crippen molar-refractivity contribution >= 4 is 27.5 Å². The summed E-state index contributed by atoms with van der Waals surface area (Å²) in [6, 6.07) is 13.6. The molecule has 2 aromatic rings. The summed E-state index contributed by atoms with van der Waals surface area (Å²) in [4.78, 5) is 30.6. The van der Waals surface area contributed by atoms with Crippen molar-refractivity contribution in [3.63, 3.8) is 0 Å². The number of carbonyl (C=O) groups excluding carboxylic acids is 2. The number of likely N-dealkylation sites (N-methyl/N-ethyl adjacent to an activating group) is 1. The molecule has 0 radical (unpaired) electrons. The Morgan fingerprint density at radius 3 is 2.17 bits per heavy atom. The molecule has 1 aliphatic carbocycles. The van der Waals surface area contributed by atoms with Crippen molar-refractivity contribution in [2.75, 3.05) is 31.1 Å². The Kier molecular flexibility index (Phi) is 8.58. The molecular formula is C30H40N4O6S. The lowest BCUT2D eigenvalue weighted by Gasteiger charge is -2.51. The number of nitrogens with zero attached hydrogens (tertiary/aromatic N) is 2. The van der Waals surface area contributed by atoms with Gasteiger partial charge in [-0.1, -0.05) is 31.4 Å². The molecule has 1 saturated carbocycles. The average Bonchev–Trinajstić information content (AvgIpc) is 2.96. The standard InChI is InChI=1S/C30H40N4O6S/c1-33-28(36)26(27(35)22-6-4-3-5-7-22)31-29(37)30(33)16-18-34(19-17-30)20-21-8-12-24(13-9-21)40-25-14-10-23(11-15-25)32-41(2,38)39/h8-15,22,26-27,32,35H,3-7,16-20H2,1-2H3,(H,31,37)/t26-,27-/m1/s1. The van der Waals surface area contributed by atoms with Crippen LogP contribution in [0.4, 0.5) is 5.69 Å². The molecule has 2 heterocycles. The maximum atomic E-state index is 13.4. The normalized spacial score (nSPS) is 22.8. The highest BCUT2D eigenvalue weighted by molar-refractivity contribution is 7.92. The van der Waals surface area contributed by atoms with Gasteiger partial charge in [0, 0.05) is 32.4 Å². The molecule has 10 nitrogen and oxygen atoms in total. The van der Waals surface area contributed by atoms with E-state index in [9.17, 15) is 23.1 Å². The number of ether oxygens (including phenoxy) is 1. The second-order valence-corrected chi connectivity index (χ2v) is 13.4. The van der Waals surface area contributed by atoms with Crippen LogP contribution in [0, 0.1) is 5.92 Å². The number of piperazine rings is 1. The van der Waals surface area contributed by atoms with Crippen LogP contribution in [-0.2, 0) is 26.2 Å². The Labute approximate surface area is 242 Å². The summed E-state index contributed by atoms with van der Waals surface area (Å²) < 4.78 is 31.1. The number of hydrogen-bond donors (Lipinski definition) is 3. The van der Waals surface area contributed by atoms with Gasteiger partial charge < -0.3 is 20.1 Å². The van der Waals surface area contributed by atoms with Gasteiger partial charge in [-0.05, 0) is 73.6 Å². The lowest BCUT2D eigenvalue weighted by Crippen LogP contribution is -2.74. The summed E-state index contributed by atoms with van der Waals surface area (Å²) in [7, 11) is -1.62. The number of benzene rings is 2. The second-order valence-electron chi connectivity index (χ2n) is 11.7. The van der Waals surface area contributed by atoms with Gasteiger partial charge in [-0.15, -0.1) is 0 Å². The minimum atomic E-state index is -3.33. The molecule has 2 saturated heterocycles. The zero-order valence-electron chi connectivity index (χ0n) is 23.7. The van der Waals surface area contributed by atoms with Crippen molar-refractivity contribution in [2.45, 2.75) is 69.2 Å². The van der Waals surface area contributed by atoms with Crippen LogP contribution in [0.2, 0.25) is 0 Å². The number of likely N-dealkylation sites (tertiary alicyclic amines) is 1. The summed E-state index contributed by atoms with van der Waals surface area (Å²) in [5.74, 6) is 0.979. The molecule has 11 heteroatoms. The number of hydrogen-bond acceptors (Lipinski definition) is 7. The third-order valence-electron chi connectivity index (χ3n) is 8.83. The van der Waals surface area contributed by atoms with Gasteiger partial charge >= 0.3 is 0 Å². The Morgan fingerprint density at radius 1 is 1.00 bits per heavy atom. The summed E-state index contributed by atoms with van der Waals surface area (Å²) in [5, 5.41) is 13.9. The number of carbonyl (C=O) groups is 2. The number of anilines is 1. The molecule has 3 aliphatic rings. The lowest BCUT2D eigenvalue weighted by atomic mass is 9.78. The van der Waals surface area contributed by atoms with E-state index in [1.54, 1.807) is 36.2 Å². The fourth-order valence-corrected chi connectivity index (χ4v) is 6.96. The fraction of sp³-hybridized carbons (Fsp3) is 0.533. The monoisotopic (exact) mass is 584 g/mol. The molecule has 3 N–H and O–H groups in total. The van der Waals surface area contributed by atoms with E-state index in [1.807, 2.05) is 24.3 Å². The van der Waals surface area contributed by atoms with Crippen LogP contribution in [0.5, 0.6) is 11.5 Å². The Morgan fingerprint density at radius 2 is 1.59 bits per heavy atom. The molecule has 41 heavy (non-hydrogen) atoms. The van der Waals surface area contributed by atoms with Gasteiger partial charge in [-0.3, -0.25) is 19.2 Å². The quantitative estimate of drug-likeness (QED) is 0.435. The number of amides is 2. The Hall–Kier alpha value is -3.15. The fourth-order valence-electron chi connectivity index (χ4n) is 6.39. The highest BCUT2D eigenvalue weighted by Crippen LogP contribution is 2.35. The molecule has 2 aliphatic heterocycles. The molecular weight excluding hydrogens is 544 g/mol. The van der Waals surface area contributed by atoms with E-state index >= 15 is 0 Å². The lowest BCUT2D eigenvalue weighted by molar-refractivity contribution is -0.163. The van der Waals surface area contributed by atoms with Gasteiger partial charge in [-0.2, -0.15) is 0 Å². The van der Waals surface area contributed by atoms with E-state index in [0.717, 1.165) is 43.9 Å². The molecule has 5 rings (SSSR count). The first kappa shape index (κ1) is 29.3. The predicted molar refractivity (Wildman–Crippen MR) is 156 cm³/mol. The van der Waals surface area contributed by atoms with Gasteiger partial charge in [0.2, 0.25) is 21.8 Å². The SMILES string of the molecule is CN1C(=O)[C@@H]([C@H](O)C2CCCCC2)NC(=O)C12CCN(Cc1ccc(Oc3ccc(NS(C)(=O)=O)cc3)cc1)CC2. The first-order chi connectivity index (χ1) is 19.5. The summed E-state index contributed by atoms with van der Waals surface area (Å²) in [6.45, 7) is 2.06. The van der Waals surface area contributed by atoms with Gasteiger partial charge in [0.25, 0.3) is 0 Å². The average molecular weight is 585 g/mol. The molecule has 0 bridgehead atoms. The van der Waals surface area contributed by atoms with E-state index < -0.39 is 27.7 Å². The van der Waals surface area contributed by atoms with Gasteiger partial charge in [0.15, 0.2) is 0 Å². The van der Waals surface area contributed by atoms with Crippen molar-refractivity contribution in [3.05, 3.63) is 54.1 Å². The summed E-state index contributed by atoms with van der Waals surface area (Å²) in [6.07, 6.45) is 6.42. The van der Waals surface area contributed by atoms with Crippen molar-refractivity contribution in [1.82, 2.24) is 15.1 Å². The second kappa shape index (κ2) is 12.0. The number of rotatable bonds is 8. The van der Waals surface area contributed by atoms with Crippen molar-refractivity contribution < 1.29 is 27.9 Å². The summed E-state index contributed by atoms with van der Waals surface area (Å²) in [5.41, 5.74) is 0.700. The van der Waals surface area contributed by atoms with E-state index in [2.05, 4.69) is 14.9 Å². The Balaban J connectivity index is 1.14. The van der Waals surface area contributed by atoms with Crippen LogP contribution >= 0.6 is 0 Å². The van der Waals surface area contributed by atoms with E-state index in [-0.39, 0.29) is 17.7 Å². The topological polar surface area (TPSA) is 128 Å². The largest absolute Gasteiger partial charge is 0.457 e. The summed E-state index contributed by atoms with van der Waals surface area (Å²) >= 11 is 0. The van der Waals surface area contributed by atoms with Crippen LogP contribution < -0.4 is 14.8 Å². The third-order valence-corrected chi connectivity index (χ3v) is 9.43. The molecule has 2 amide bonds. The van der Waals surface area contributed by atoms with Gasteiger partial charge in [-0.25, -0.2) is 8.42 Å². The number of aliphatic hydroxyl groups excluding tert-OH is 1. The molecule has 0 aromatic heterocycles. The minimum absolute atomic E-state index is 0.0591. The number of nitrogens with one attached hydrogen (secondary N) is 2. The van der Waals surface area contributed by atoms with Crippen LogP contribution in [0.25, 0.3) is 0 Å². The first-order valence-electron chi connectivity index (χ1n) is 14.4. The molecule has 0 unspecified atom stereocenters. The van der Waals surface area contributed by atoms with Gasteiger partial charge in [0.1, 0.15) is 23.1 Å². The maximum absolute atomic E-state index is 13.4. The third kappa shape index (κ3) is 6.68. The van der Waals surface area contributed by atoms with Crippen LogP contribution in [0.1, 0.15) is 50.5 Å². The highest BCUT2D eigenvalue weighted by Gasteiger charge is 2.54. The molecule has 2 atom stereocenters. The molecule has 1 spiro atoms.